The topological polar surface area (TPSA) is 68.3 Å². The van der Waals surface area contributed by atoms with Gasteiger partial charge in [-0.05, 0) is 31.7 Å². The molecule has 1 N–H and O–H groups in total. The Morgan fingerprint density at radius 3 is 2.76 bits per heavy atom. The number of nitro groups is 1. The van der Waals surface area contributed by atoms with Crippen LogP contribution in [0.4, 0.5) is 10.1 Å². The summed E-state index contributed by atoms with van der Waals surface area (Å²) in [5.41, 5.74) is -0.0493. The summed E-state index contributed by atoms with van der Waals surface area (Å²) in [5.74, 6) is 0.460. The molecule has 21 heavy (non-hydrogen) atoms. The Morgan fingerprint density at radius 2 is 2.14 bits per heavy atom. The van der Waals surface area contributed by atoms with Crippen LogP contribution in [0.3, 0.4) is 0 Å². The van der Waals surface area contributed by atoms with E-state index in [-0.39, 0.29) is 17.3 Å². The zero-order chi connectivity index (χ0) is 15.4. The molecule has 0 saturated carbocycles. The third-order valence-electron chi connectivity index (χ3n) is 3.15. The van der Waals surface area contributed by atoms with Gasteiger partial charge in [0.2, 0.25) is 0 Å². The van der Waals surface area contributed by atoms with E-state index in [4.69, 9.17) is 4.42 Å². The fraction of sp³-hybridized carbons (Fsp3) is 0.333. The molecule has 1 aromatic heterocycles. The normalized spacial score (nSPS) is 12.3. The average Bonchev–Trinajstić information content (AvgIpc) is 2.86. The van der Waals surface area contributed by atoms with Crippen molar-refractivity contribution >= 4 is 5.69 Å². The Hall–Kier alpha value is -2.21. The second kappa shape index (κ2) is 6.49. The number of halogens is 1. The predicted molar refractivity (Wildman–Crippen MR) is 77.6 cm³/mol. The van der Waals surface area contributed by atoms with Gasteiger partial charge in [-0.15, -0.1) is 0 Å². The Kier molecular flexibility index (Phi) is 4.70. The van der Waals surface area contributed by atoms with Crippen molar-refractivity contribution in [1.29, 1.82) is 0 Å². The monoisotopic (exact) mass is 292 g/mol. The summed E-state index contributed by atoms with van der Waals surface area (Å²) in [4.78, 5) is 9.97. The number of rotatable bonds is 6. The number of nitrogens with zero attached hydrogens (tertiary/aromatic N) is 1. The Bertz CT molecular complexity index is 640. The van der Waals surface area contributed by atoms with Crippen molar-refractivity contribution in [2.75, 3.05) is 6.54 Å². The Labute approximate surface area is 121 Å². The van der Waals surface area contributed by atoms with Gasteiger partial charge in [0.15, 0.2) is 0 Å². The lowest BCUT2D eigenvalue weighted by Gasteiger charge is -2.09. The van der Waals surface area contributed by atoms with E-state index < -0.39 is 10.7 Å². The third kappa shape index (κ3) is 3.66. The van der Waals surface area contributed by atoms with Crippen molar-refractivity contribution < 1.29 is 13.7 Å². The van der Waals surface area contributed by atoms with Crippen LogP contribution in [0.1, 0.15) is 19.6 Å². The fourth-order valence-corrected chi connectivity index (χ4v) is 2.17. The standard InChI is InChI=1S/C15H17FN2O3/c1-3-17-10(2)8-12-5-7-15(21-12)13-6-4-11(18(19)20)9-14(13)16/h4-7,9-10,17H,3,8H2,1-2H3. The molecule has 5 nitrogen and oxygen atoms in total. The predicted octanol–water partition coefficient (Wildman–Crippen LogP) is 3.53. The van der Waals surface area contributed by atoms with Gasteiger partial charge >= 0.3 is 0 Å². The summed E-state index contributed by atoms with van der Waals surface area (Å²) in [5, 5.41) is 13.9. The summed E-state index contributed by atoms with van der Waals surface area (Å²) < 4.78 is 19.5. The van der Waals surface area contributed by atoms with Gasteiger partial charge in [-0.3, -0.25) is 10.1 Å². The van der Waals surface area contributed by atoms with Crippen LogP contribution >= 0.6 is 0 Å². The van der Waals surface area contributed by atoms with Gasteiger partial charge in [0, 0.05) is 18.5 Å². The maximum Gasteiger partial charge on any atom is 0.272 e. The molecule has 1 aromatic carbocycles. The van der Waals surface area contributed by atoms with E-state index >= 15 is 0 Å². The van der Waals surface area contributed by atoms with Gasteiger partial charge < -0.3 is 9.73 Å². The molecule has 0 radical (unpaired) electrons. The molecule has 0 bridgehead atoms. The van der Waals surface area contributed by atoms with Crippen molar-refractivity contribution in [1.82, 2.24) is 5.32 Å². The zero-order valence-electron chi connectivity index (χ0n) is 11.9. The summed E-state index contributed by atoms with van der Waals surface area (Å²) in [7, 11) is 0. The van der Waals surface area contributed by atoms with Gasteiger partial charge in [0.25, 0.3) is 5.69 Å². The van der Waals surface area contributed by atoms with Crippen LogP contribution in [0.25, 0.3) is 11.3 Å². The van der Waals surface area contributed by atoms with Gasteiger partial charge in [-0.1, -0.05) is 6.92 Å². The first kappa shape index (κ1) is 15.2. The summed E-state index contributed by atoms with van der Waals surface area (Å²) in [6.07, 6.45) is 0.697. The van der Waals surface area contributed by atoms with Gasteiger partial charge in [-0.2, -0.15) is 0 Å². The quantitative estimate of drug-likeness (QED) is 0.653. The zero-order valence-corrected chi connectivity index (χ0v) is 11.9. The molecule has 0 amide bonds. The van der Waals surface area contributed by atoms with E-state index in [0.29, 0.717) is 12.2 Å². The molecule has 6 heteroatoms. The van der Waals surface area contributed by atoms with Gasteiger partial charge in [0.05, 0.1) is 16.6 Å². The van der Waals surface area contributed by atoms with E-state index in [1.54, 1.807) is 12.1 Å². The third-order valence-corrected chi connectivity index (χ3v) is 3.15. The van der Waals surface area contributed by atoms with E-state index in [1.807, 2.05) is 13.8 Å². The number of furan rings is 1. The van der Waals surface area contributed by atoms with Gasteiger partial charge in [-0.25, -0.2) is 4.39 Å². The van der Waals surface area contributed by atoms with Crippen molar-refractivity contribution in [3.8, 4) is 11.3 Å². The molecule has 1 unspecified atom stereocenters. The lowest BCUT2D eigenvalue weighted by Crippen LogP contribution is -2.27. The minimum absolute atomic E-state index is 0.225. The second-order valence-corrected chi connectivity index (χ2v) is 4.85. The van der Waals surface area contributed by atoms with E-state index in [1.165, 1.54) is 12.1 Å². The summed E-state index contributed by atoms with van der Waals surface area (Å²) in [6, 6.07) is 7.27. The molecule has 0 aliphatic carbocycles. The first-order valence-electron chi connectivity index (χ1n) is 6.77. The van der Waals surface area contributed by atoms with Crippen molar-refractivity contribution in [3.63, 3.8) is 0 Å². The first-order chi connectivity index (χ1) is 10.0. The molecular weight excluding hydrogens is 275 g/mol. The van der Waals surface area contributed by atoms with E-state index in [9.17, 15) is 14.5 Å². The highest BCUT2D eigenvalue weighted by molar-refractivity contribution is 5.60. The SMILES string of the molecule is CCNC(C)Cc1ccc(-c2ccc([N+](=O)[O-])cc2F)o1. The maximum atomic E-state index is 13.9. The van der Waals surface area contributed by atoms with Crippen LogP contribution in [0.2, 0.25) is 0 Å². The highest BCUT2D eigenvalue weighted by atomic mass is 19.1. The number of hydrogen-bond acceptors (Lipinski definition) is 4. The molecule has 112 valence electrons. The Morgan fingerprint density at radius 1 is 1.38 bits per heavy atom. The molecular formula is C15H17FN2O3. The Balaban J connectivity index is 2.19. The van der Waals surface area contributed by atoms with Crippen LogP contribution in [0, 0.1) is 15.9 Å². The number of likely N-dealkylation sites (N-methyl/N-ethyl adjacent to an activating group) is 1. The first-order valence-corrected chi connectivity index (χ1v) is 6.77. The lowest BCUT2D eigenvalue weighted by atomic mass is 10.1. The van der Waals surface area contributed by atoms with Crippen molar-refractivity contribution in [2.24, 2.45) is 0 Å². The molecule has 0 fully saturated rings. The number of hydrogen-bond donors (Lipinski definition) is 1. The fourth-order valence-electron chi connectivity index (χ4n) is 2.17. The molecule has 2 aromatic rings. The van der Waals surface area contributed by atoms with Crippen LogP contribution in [-0.2, 0) is 6.42 Å². The largest absolute Gasteiger partial charge is 0.461 e. The van der Waals surface area contributed by atoms with E-state index in [0.717, 1.165) is 18.4 Å². The van der Waals surface area contributed by atoms with Crippen LogP contribution in [-0.4, -0.2) is 17.5 Å². The van der Waals surface area contributed by atoms with E-state index in [2.05, 4.69) is 5.32 Å². The molecule has 0 aliphatic heterocycles. The molecule has 0 spiro atoms. The highest BCUT2D eigenvalue weighted by Gasteiger charge is 2.15. The average molecular weight is 292 g/mol. The maximum absolute atomic E-state index is 13.9. The van der Waals surface area contributed by atoms with Crippen LogP contribution in [0.15, 0.2) is 34.7 Å². The smallest absolute Gasteiger partial charge is 0.272 e. The van der Waals surface area contributed by atoms with Crippen molar-refractivity contribution in [2.45, 2.75) is 26.3 Å². The molecule has 2 rings (SSSR count). The van der Waals surface area contributed by atoms with Crippen LogP contribution < -0.4 is 5.32 Å². The number of nitro benzene ring substituents is 1. The number of benzene rings is 1. The van der Waals surface area contributed by atoms with Gasteiger partial charge in [0.1, 0.15) is 17.3 Å². The second-order valence-electron chi connectivity index (χ2n) is 4.85. The molecule has 1 heterocycles. The molecule has 1 atom stereocenters. The lowest BCUT2D eigenvalue weighted by molar-refractivity contribution is -0.385. The highest BCUT2D eigenvalue weighted by Crippen LogP contribution is 2.28. The minimum Gasteiger partial charge on any atom is -0.461 e. The summed E-state index contributed by atoms with van der Waals surface area (Å²) in [6.45, 7) is 4.93. The number of nitrogens with one attached hydrogen (secondary N) is 1. The van der Waals surface area contributed by atoms with Crippen LogP contribution in [0.5, 0.6) is 0 Å². The molecule has 0 aliphatic rings. The minimum atomic E-state index is -0.662. The molecule has 0 saturated heterocycles. The van der Waals surface area contributed by atoms with Crippen molar-refractivity contribution in [3.05, 3.63) is 52.0 Å². The number of non-ortho nitro benzene ring substituents is 1. The summed E-state index contributed by atoms with van der Waals surface area (Å²) >= 11 is 0.